The average molecular weight is 543 g/mol. The van der Waals surface area contributed by atoms with Crippen LogP contribution in [0.2, 0.25) is 20.1 Å². The number of rotatable bonds is 3. The van der Waals surface area contributed by atoms with Gasteiger partial charge >= 0.3 is 0 Å². The van der Waals surface area contributed by atoms with E-state index in [1.807, 2.05) is 4.90 Å². The second-order valence-electron chi connectivity index (χ2n) is 8.64. The molecule has 3 aliphatic rings. The molecule has 5 rings (SSSR count). The van der Waals surface area contributed by atoms with Gasteiger partial charge in [-0.15, -0.1) is 0 Å². The first kappa shape index (κ1) is 23.7. The number of hydrazine groups is 1. The standard InChI is InChI=1S/C22H19Cl4N5O3/c23-9-4-10(24)6-12(5-9)31-18-13(7-11(25)8-14(18)26)22(21(31)34)17(20(33)29-28)16(19(27)32)15-2-1-3-30(15)22/h4-8,15-17H,1-3,28H2,(H2,27,32)(H,29,33)/t15-,16+,17-,22?/m1/s1. The Morgan fingerprint density at radius 3 is 2.29 bits per heavy atom. The zero-order chi connectivity index (χ0) is 24.5. The molecule has 5 N–H and O–H groups in total. The zero-order valence-corrected chi connectivity index (χ0v) is 20.5. The molecular formula is C22H19Cl4N5O3. The fourth-order valence-corrected chi connectivity index (χ4v) is 7.12. The predicted molar refractivity (Wildman–Crippen MR) is 130 cm³/mol. The third kappa shape index (κ3) is 3.10. The Hall–Kier alpha value is -2.07. The molecule has 0 radical (unpaired) electrons. The van der Waals surface area contributed by atoms with Crippen molar-refractivity contribution in [3.05, 3.63) is 56.0 Å². The van der Waals surface area contributed by atoms with Crippen LogP contribution >= 0.6 is 46.4 Å². The van der Waals surface area contributed by atoms with Crippen molar-refractivity contribution in [3.8, 4) is 0 Å². The van der Waals surface area contributed by atoms with Crippen molar-refractivity contribution in [2.75, 3.05) is 11.4 Å². The number of hydrogen-bond acceptors (Lipinski definition) is 5. The second-order valence-corrected chi connectivity index (χ2v) is 10.4. The van der Waals surface area contributed by atoms with Crippen LogP contribution in [0, 0.1) is 11.8 Å². The number of carbonyl (C=O) groups excluding carboxylic acids is 3. The number of nitrogens with one attached hydrogen (secondary N) is 1. The maximum atomic E-state index is 14.5. The summed E-state index contributed by atoms with van der Waals surface area (Å²) in [6, 6.07) is 7.35. The molecule has 178 valence electrons. The van der Waals surface area contributed by atoms with Crippen LogP contribution in [0.3, 0.4) is 0 Å². The number of amides is 3. The first-order chi connectivity index (χ1) is 16.1. The van der Waals surface area contributed by atoms with Crippen LogP contribution in [0.25, 0.3) is 0 Å². The van der Waals surface area contributed by atoms with Crippen LogP contribution in [0.15, 0.2) is 30.3 Å². The molecule has 0 saturated carbocycles. The van der Waals surface area contributed by atoms with Gasteiger partial charge in [0.25, 0.3) is 5.91 Å². The molecule has 1 spiro atoms. The van der Waals surface area contributed by atoms with Gasteiger partial charge in [-0.2, -0.15) is 0 Å². The lowest BCUT2D eigenvalue weighted by Gasteiger charge is -2.37. The number of nitrogens with zero attached hydrogens (tertiary/aromatic N) is 2. The summed E-state index contributed by atoms with van der Waals surface area (Å²) in [4.78, 5) is 43.7. The predicted octanol–water partition coefficient (Wildman–Crippen LogP) is 3.36. The lowest BCUT2D eigenvalue weighted by Crippen LogP contribution is -2.57. The molecule has 12 heteroatoms. The summed E-state index contributed by atoms with van der Waals surface area (Å²) in [5.74, 6) is 1.52. The molecule has 2 fully saturated rings. The largest absolute Gasteiger partial charge is 0.369 e. The lowest BCUT2D eigenvalue weighted by atomic mass is 9.73. The molecule has 3 amide bonds. The van der Waals surface area contributed by atoms with Crippen molar-refractivity contribution in [2.45, 2.75) is 24.4 Å². The van der Waals surface area contributed by atoms with E-state index in [1.165, 1.54) is 17.0 Å². The number of anilines is 2. The summed E-state index contributed by atoms with van der Waals surface area (Å²) in [5, 5.41) is 1.07. The highest BCUT2D eigenvalue weighted by Crippen LogP contribution is 2.62. The Morgan fingerprint density at radius 2 is 1.68 bits per heavy atom. The number of benzene rings is 2. The molecule has 3 heterocycles. The second kappa shape index (κ2) is 8.26. The number of primary amides is 1. The lowest BCUT2D eigenvalue weighted by molar-refractivity contribution is -0.141. The van der Waals surface area contributed by atoms with Crippen LogP contribution in [0.1, 0.15) is 18.4 Å². The summed E-state index contributed by atoms with van der Waals surface area (Å²) in [7, 11) is 0. The van der Waals surface area contributed by atoms with Crippen molar-refractivity contribution in [1.29, 1.82) is 0 Å². The summed E-state index contributed by atoms with van der Waals surface area (Å²) >= 11 is 25.5. The molecule has 1 unspecified atom stereocenters. The van der Waals surface area contributed by atoms with E-state index in [2.05, 4.69) is 5.43 Å². The van der Waals surface area contributed by atoms with Gasteiger partial charge in [0.05, 0.1) is 28.2 Å². The van der Waals surface area contributed by atoms with Gasteiger partial charge in [-0.3, -0.25) is 29.6 Å². The van der Waals surface area contributed by atoms with Crippen LogP contribution in [0.4, 0.5) is 11.4 Å². The van der Waals surface area contributed by atoms with Crippen LogP contribution in [0.5, 0.6) is 0 Å². The van der Waals surface area contributed by atoms with E-state index in [0.29, 0.717) is 46.4 Å². The third-order valence-electron chi connectivity index (χ3n) is 7.03. The molecule has 2 aromatic carbocycles. The van der Waals surface area contributed by atoms with Crippen molar-refractivity contribution in [2.24, 2.45) is 23.4 Å². The smallest absolute Gasteiger partial charge is 0.257 e. The molecule has 0 bridgehead atoms. The Bertz CT molecular complexity index is 1240. The van der Waals surface area contributed by atoms with Crippen molar-refractivity contribution >= 4 is 75.5 Å². The first-order valence-electron chi connectivity index (χ1n) is 10.5. The highest BCUT2D eigenvalue weighted by Gasteiger charge is 2.72. The molecule has 2 aromatic rings. The average Bonchev–Trinajstić information content (AvgIpc) is 3.39. The van der Waals surface area contributed by atoms with Gasteiger partial charge in [-0.05, 0) is 49.7 Å². The summed E-state index contributed by atoms with van der Waals surface area (Å²) in [6.07, 6.45) is 1.30. The Kier molecular flexibility index (Phi) is 5.75. The molecule has 0 aromatic heterocycles. The molecule has 0 aliphatic carbocycles. The van der Waals surface area contributed by atoms with E-state index < -0.39 is 41.1 Å². The minimum atomic E-state index is -1.61. The SMILES string of the molecule is NNC(=O)[C@H]1[C@@H](C(N)=O)[C@H]2CCCN2C12C(=O)N(c1cc(Cl)cc(Cl)c1)c1c(Cl)cc(Cl)cc12. The fraction of sp³-hybridized carbons (Fsp3) is 0.318. The van der Waals surface area contributed by atoms with Gasteiger partial charge in [0.15, 0.2) is 0 Å². The van der Waals surface area contributed by atoms with Crippen LogP contribution in [-0.2, 0) is 19.9 Å². The third-order valence-corrected chi connectivity index (χ3v) is 7.97. The van der Waals surface area contributed by atoms with E-state index in [9.17, 15) is 14.4 Å². The normalized spacial score (nSPS) is 27.9. The molecular weight excluding hydrogens is 524 g/mol. The van der Waals surface area contributed by atoms with E-state index in [-0.39, 0.29) is 10.0 Å². The van der Waals surface area contributed by atoms with Gasteiger partial charge in [0.2, 0.25) is 11.8 Å². The van der Waals surface area contributed by atoms with Gasteiger partial charge in [0, 0.05) is 26.7 Å². The van der Waals surface area contributed by atoms with E-state index >= 15 is 0 Å². The Labute approximate surface area is 215 Å². The number of nitrogens with two attached hydrogens (primary N) is 2. The molecule has 34 heavy (non-hydrogen) atoms. The number of halogens is 4. The maximum Gasteiger partial charge on any atom is 0.257 e. The number of carbonyl (C=O) groups is 3. The molecule has 2 saturated heterocycles. The van der Waals surface area contributed by atoms with Crippen molar-refractivity contribution in [1.82, 2.24) is 10.3 Å². The van der Waals surface area contributed by atoms with Crippen LogP contribution < -0.4 is 21.9 Å². The van der Waals surface area contributed by atoms with E-state index in [4.69, 9.17) is 58.0 Å². The monoisotopic (exact) mass is 541 g/mol. The quantitative estimate of drug-likeness (QED) is 0.312. The highest BCUT2D eigenvalue weighted by molar-refractivity contribution is 6.39. The van der Waals surface area contributed by atoms with E-state index in [1.54, 1.807) is 18.2 Å². The van der Waals surface area contributed by atoms with Gasteiger partial charge in [-0.1, -0.05) is 46.4 Å². The molecule has 8 nitrogen and oxygen atoms in total. The van der Waals surface area contributed by atoms with E-state index in [0.717, 1.165) is 0 Å². The summed E-state index contributed by atoms with van der Waals surface area (Å²) in [5.41, 5.74) is 7.41. The Morgan fingerprint density at radius 1 is 1.03 bits per heavy atom. The maximum absolute atomic E-state index is 14.5. The molecule has 4 atom stereocenters. The minimum absolute atomic E-state index is 0.189. The van der Waals surface area contributed by atoms with Gasteiger partial charge < -0.3 is 5.73 Å². The fourth-order valence-electron chi connectivity index (χ4n) is 6.02. The summed E-state index contributed by atoms with van der Waals surface area (Å²) in [6.45, 7) is 0.461. The minimum Gasteiger partial charge on any atom is -0.369 e. The highest BCUT2D eigenvalue weighted by atomic mass is 35.5. The zero-order valence-electron chi connectivity index (χ0n) is 17.5. The van der Waals surface area contributed by atoms with Crippen LogP contribution in [-0.4, -0.2) is 35.2 Å². The molecule has 3 aliphatic heterocycles. The number of fused-ring (bicyclic) bond motifs is 4. The Balaban J connectivity index is 1.86. The summed E-state index contributed by atoms with van der Waals surface area (Å²) < 4.78 is 0. The first-order valence-corrected chi connectivity index (χ1v) is 12.0. The van der Waals surface area contributed by atoms with Gasteiger partial charge in [-0.25, -0.2) is 5.84 Å². The number of hydrogen-bond donors (Lipinski definition) is 3. The van der Waals surface area contributed by atoms with Crippen molar-refractivity contribution in [3.63, 3.8) is 0 Å². The van der Waals surface area contributed by atoms with Gasteiger partial charge in [0.1, 0.15) is 5.54 Å². The van der Waals surface area contributed by atoms with Crippen molar-refractivity contribution < 1.29 is 14.4 Å². The topological polar surface area (TPSA) is 122 Å².